The zero-order valence-electron chi connectivity index (χ0n) is 14.0. The number of aryl methyl sites for hydroxylation is 1. The Labute approximate surface area is 145 Å². The van der Waals surface area contributed by atoms with Crippen LogP contribution in [0.1, 0.15) is 18.1 Å². The summed E-state index contributed by atoms with van der Waals surface area (Å²) >= 11 is 0. The Morgan fingerprint density at radius 2 is 1.64 bits per heavy atom. The fraction of sp³-hybridized carbons (Fsp3) is 0.150. The molecule has 0 aromatic heterocycles. The van der Waals surface area contributed by atoms with Gasteiger partial charge in [-0.2, -0.15) is 0 Å². The van der Waals surface area contributed by atoms with E-state index in [0.29, 0.717) is 11.3 Å². The first-order chi connectivity index (χ1) is 12.1. The first-order valence-electron chi connectivity index (χ1n) is 7.97. The van der Waals surface area contributed by atoms with Gasteiger partial charge in [-0.15, -0.1) is 0 Å². The molecule has 5 nitrogen and oxygen atoms in total. The van der Waals surface area contributed by atoms with Crippen LogP contribution in [0.25, 0.3) is 5.70 Å². The topological polar surface area (TPSA) is 63.7 Å². The number of amides is 1. The number of nitrogens with zero attached hydrogens (tertiary/aromatic N) is 1. The van der Waals surface area contributed by atoms with E-state index in [9.17, 15) is 14.4 Å². The maximum absolute atomic E-state index is 12.7. The largest absolute Gasteiger partial charge is 0.462 e. The quantitative estimate of drug-likeness (QED) is 0.490. The monoisotopic (exact) mass is 335 g/mol. The number of ether oxygens (including phenoxy) is 1. The average Bonchev–Trinajstić information content (AvgIpc) is 2.88. The summed E-state index contributed by atoms with van der Waals surface area (Å²) in [5.41, 5.74) is 2.04. The molecule has 1 aliphatic heterocycles. The van der Waals surface area contributed by atoms with Gasteiger partial charge in [0.25, 0.3) is 5.78 Å². The van der Waals surface area contributed by atoms with E-state index in [2.05, 4.69) is 0 Å². The minimum Gasteiger partial charge on any atom is -0.462 e. The van der Waals surface area contributed by atoms with E-state index in [4.69, 9.17) is 4.74 Å². The number of rotatable bonds is 4. The summed E-state index contributed by atoms with van der Waals surface area (Å²) in [6, 6.07) is 16.1. The lowest BCUT2D eigenvalue weighted by molar-refractivity contribution is -0.141. The third-order valence-corrected chi connectivity index (χ3v) is 3.97. The van der Waals surface area contributed by atoms with Gasteiger partial charge >= 0.3 is 11.9 Å². The zero-order valence-corrected chi connectivity index (χ0v) is 14.0. The molecule has 0 spiro atoms. The highest BCUT2D eigenvalue weighted by Crippen LogP contribution is 2.36. The molecular weight excluding hydrogens is 318 g/mol. The maximum Gasteiger partial charge on any atom is 0.344 e. The van der Waals surface area contributed by atoms with E-state index < -0.39 is 17.7 Å². The normalized spacial score (nSPS) is 14.2. The number of anilines is 1. The van der Waals surface area contributed by atoms with Crippen molar-refractivity contribution in [2.24, 2.45) is 0 Å². The predicted molar refractivity (Wildman–Crippen MR) is 93.7 cm³/mol. The molecule has 0 saturated heterocycles. The highest BCUT2D eigenvalue weighted by molar-refractivity contribution is 6.59. The van der Waals surface area contributed by atoms with Gasteiger partial charge in [-0.25, -0.2) is 4.79 Å². The fourth-order valence-corrected chi connectivity index (χ4v) is 2.84. The molecule has 25 heavy (non-hydrogen) atoms. The second-order valence-electron chi connectivity index (χ2n) is 5.57. The highest BCUT2D eigenvalue weighted by Gasteiger charge is 2.44. The van der Waals surface area contributed by atoms with E-state index in [1.807, 2.05) is 25.1 Å². The minimum atomic E-state index is -0.847. The van der Waals surface area contributed by atoms with Crippen LogP contribution in [0.15, 0.2) is 60.2 Å². The van der Waals surface area contributed by atoms with Gasteiger partial charge in [0.2, 0.25) is 0 Å². The minimum absolute atomic E-state index is 0.121. The van der Waals surface area contributed by atoms with Gasteiger partial charge in [-0.05, 0) is 31.0 Å². The molecule has 0 unspecified atom stereocenters. The number of hydrogen-bond acceptors (Lipinski definition) is 4. The lowest BCUT2D eigenvalue weighted by Crippen LogP contribution is -2.29. The van der Waals surface area contributed by atoms with Crippen LogP contribution in [0.5, 0.6) is 0 Å². The molecule has 0 N–H and O–H groups in total. The Bertz CT molecular complexity index is 884. The van der Waals surface area contributed by atoms with Crippen LogP contribution in [0.2, 0.25) is 0 Å². The van der Waals surface area contributed by atoms with Gasteiger partial charge in [0.1, 0.15) is 5.57 Å². The number of Topliss-reactive ketones (excluding diaryl/α,β-unsaturated/α-hetero) is 1. The number of para-hydroxylation sites is 1. The summed E-state index contributed by atoms with van der Waals surface area (Å²) in [7, 11) is 0. The van der Waals surface area contributed by atoms with Gasteiger partial charge in [0.15, 0.2) is 0 Å². The lowest BCUT2D eigenvalue weighted by atomic mass is 10.1. The summed E-state index contributed by atoms with van der Waals surface area (Å²) in [6.45, 7) is 3.62. The second kappa shape index (κ2) is 6.73. The molecule has 126 valence electrons. The Morgan fingerprint density at radius 3 is 2.28 bits per heavy atom. The van der Waals surface area contributed by atoms with Crippen molar-refractivity contribution in [2.45, 2.75) is 13.8 Å². The number of hydrogen-bond donors (Lipinski definition) is 0. The van der Waals surface area contributed by atoms with Crippen molar-refractivity contribution in [3.63, 3.8) is 0 Å². The van der Waals surface area contributed by atoms with Crippen molar-refractivity contribution in [2.75, 3.05) is 11.5 Å². The van der Waals surface area contributed by atoms with Gasteiger partial charge in [-0.1, -0.05) is 48.5 Å². The lowest BCUT2D eigenvalue weighted by Gasteiger charge is -2.22. The van der Waals surface area contributed by atoms with E-state index >= 15 is 0 Å². The van der Waals surface area contributed by atoms with E-state index in [0.717, 1.165) is 5.56 Å². The molecule has 0 saturated carbocycles. The molecule has 0 bridgehead atoms. The second-order valence-corrected chi connectivity index (χ2v) is 5.57. The fourth-order valence-electron chi connectivity index (χ4n) is 2.84. The SMILES string of the molecule is CCOC(=O)C1=C(c2ccccc2)N(c2ccccc2C)C(=O)C1=O. The summed E-state index contributed by atoms with van der Waals surface area (Å²) in [5, 5.41) is 0. The van der Waals surface area contributed by atoms with Gasteiger partial charge in [-0.3, -0.25) is 14.5 Å². The Kier molecular flexibility index (Phi) is 4.48. The molecule has 0 radical (unpaired) electrons. The third-order valence-electron chi connectivity index (χ3n) is 3.97. The van der Waals surface area contributed by atoms with Crippen LogP contribution in [-0.4, -0.2) is 24.3 Å². The molecule has 0 aliphatic carbocycles. The smallest absolute Gasteiger partial charge is 0.344 e. The molecule has 0 atom stereocenters. The third kappa shape index (κ3) is 2.85. The van der Waals surface area contributed by atoms with Crippen LogP contribution in [-0.2, 0) is 19.1 Å². The Balaban J connectivity index is 2.26. The number of ketones is 1. The first-order valence-corrected chi connectivity index (χ1v) is 7.97. The van der Waals surface area contributed by atoms with Gasteiger partial charge < -0.3 is 4.74 Å². The first kappa shape index (κ1) is 16.6. The molecule has 3 rings (SSSR count). The van der Waals surface area contributed by atoms with Crippen molar-refractivity contribution in [3.8, 4) is 0 Å². The molecule has 1 amide bonds. The van der Waals surface area contributed by atoms with Crippen molar-refractivity contribution in [1.82, 2.24) is 0 Å². The van der Waals surface area contributed by atoms with Crippen LogP contribution < -0.4 is 4.90 Å². The van der Waals surface area contributed by atoms with Gasteiger partial charge in [0.05, 0.1) is 18.0 Å². The van der Waals surface area contributed by atoms with Crippen LogP contribution >= 0.6 is 0 Å². The summed E-state index contributed by atoms with van der Waals surface area (Å²) in [6.07, 6.45) is 0. The molecule has 1 aliphatic rings. The Morgan fingerprint density at radius 1 is 1.00 bits per heavy atom. The van der Waals surface area contributed by atoms with Crippen LogP contribution in [0.3, 0.4) is 0 Å². The molecule has 5 heteroatoms. The van der Waals surface area contributed by atoms with E-state index in [1.54, 1.807) is 43.3 Å². The molecule has 2 aromatic carbocycles. The molecule has 0 fully saturated rings. The summed E-state index contributed by atoms with van der Waals surface area (Å²) in [5.74, 6) is -2.38. The highest BCUT2D eigenvalue weighted by atomic mass is 16.5. The van der Waals surface area contributed by atoms with Gasteiger partial charge in [0, 0.05) is 0 Å². The van der Waals surface area contributed by atoms with Crippen molar-refractivity contribution in [1.29, 1.82) is 0 Å². The van der Waals surface area contributed by atoms with E-state index in [-0.39, 0.29) is 17.9 Å². The predicted octanol–water partition coefficient (Wildman–Crippen LogP) is 2.89. The van der Waals surface area contributed by atoms with Crippen molar-refractivity contribution in [3.05, 3.63) is 71.3 Å². The summed E-state index contributed by atoms with van der Waals surface area (Å²) in [4.78, 5) is 38.9. The number of carbonyl (C=O) groups is 3. The van der Waals surface area contributed by atoms with E-state index in [1.165, 1.54) is 4.90 Å². The Hall–Kier alpha value is -3.21. The number of carbonyl (C=O) groups excluding carboxylic acids is 3. The zero-order chi connectivity index (χ0) is 18.0. The van der Waals surface area contributed by atoms with Crippen LogP contribution in [0, 0.1) is 6.92 Å². The maximum atomic E-state index is 12.7. The molecule has 2 aromatic rings. The molecular formula is C20H17NO4. The number of esters is 1. The summed E-state index contributed by atoms with van der Waals surface area (Å²) < 4.78 is 5.01. The van der Waals surface area contributed by atoms with Crippen molar-refractivity contribution < 1.29 is 19.1 Å². The molecule has 1 heterocycles. The average molecular weight is 335 g/mol. The van der Waals surface area contributed by atoms with Crippen molar-refractivity contribution >= 4 is 29.0 Å². The standard InChI is InChI=1S/C20H17NO4/c1-3-25-20(24)16-17(14-10-5-4-6-11-14)21(19(23)18(16)22)15-12-8-7-9-13(15)2/h4-12H,3H2,1-2H3. The number of benzene rings is 2. The van der Waals surface area contributed by atoms with Crippen LogP contribution in [0.4, 0.5) is 5.69 Å².